The van der Waals surface area contributed by atoms with Crippen molar-refractivity contribution >= 4 is 17.0 Å². The summed E-state index contributed by atoms with van der Waals surface area (Å²) in [6.07, 6.45) is 12.2. The average molecular weight is 483 g/mol. The minimum atomic E-state index is -0.853. The highest BCUT2D eigenvalue weighted by Crippen LogP contribution is 2.69. The molecule has 0 bridgehead atoms. The first kappa shape index (κ1) is 23.0. The van der Waals surface area contributed by atoms with Crippen molar-refractivity contribution in [3.05, 3.63) is 47.7 Å². The number of benzene rings is 1. The summed E-state index contributed by atoms with van der Waals surface area (Å²) in [6, 6.07) is 2.81. The van der Waals surface area contributed by atoms with Crippen molar-refractivity contribution in [2.75, 3.05) is 51.2 Å². The van der Waals surface area contributed by atoms with Crippen LogP contribution in [-0.2, 0) is 0 Å². The second kappa shape index (κ2) is 8.89. The van der Waals surface area contributed by atoms with Crippen LogP contribution in [0.15, 0.2) is 36.1 Å². The van der Waals surface area contributed by atoms with Crippen LogP contribution in [-0.4, -0.2) is 72.1 Å². The summed E-state index contributed by atoms with van der Waals surface area (Å²) in [5, 5.41) is 0. The number of imidazole rings is 1. The van der Waals surface area contributed by atoms with E-state index in [-0.39, 0.29) is 0 Å². The summed E-state index contributed by atoms with van der Waals surface area (Å²) in [4.78, 5) is 15.4. The second-order valence-corrected chi connectivity index (χ2v) is 11.1. The van der Waals surface area contributed by atoms with Crippen molar-refractivity contribution in [2.24, 2.45) is 23.0 Å². The highest BCUT2D eigenvalue weighted by molar-refractivity contribution is 5.78. The minimum Gasteiger partial charge on any atom is -0.399 e. The van der Waals surface area contributed by atoms with Gasteiger partial charge in [0.05, 0.1) is 11.0 Å². The molecule has 1 saturated heterocycles. The molecule has 3 fully saturated rings. The summed E-state index contributed by atoms with van der Waals surface area (Å²) in [5.41, 5.74) is 8.40. The number of piperazine rings is 1. The third-order valence-corrected chi connectivity index (χ3v) is 9.03. The molecule has 0 radical (unpaired) electrons. The summed E-state index contributed by atoms with van der Waals surface area (Å²) < 4.78 is 27.8. The molecule has 1 aliphatic heterocycles. The van der Waals surface area contributed by atoms with E-state index >= 15 is 0 Å². The lowest BCUT2D eigenvalue weighted by Gasteiger charge is -2.34. The number of nitrogens with one attached hydrogen (secondary N) is 1. The molecule has 4 atom stereocenters. The first-order valence-electron chi connectivity index (χ1n) is 13.1. The number of nitrogens with zero attached hydrogens (tertiary/aromatic N) is 4. The minimum absolute atomic E-state index is 0.333. The van der Waals surface area contributed by atoms with Crippen molar-refractivity contribution in [3.8, 4) is 0 Å². The van der Waals surface area contributed by atoms with Crippen molar-refractivity contribution in [1.29, 1.82) is 0 Å². The van der Waals surface area contributed by atoms with Crippen LogP contribution < -0.4 is 10.6 Å². The smallest absolute Gasteiger partial charge is 0.204 e. The molecule has 0 amide bonds. The summed E-state index contributed by atoms with van der Waals surface area (Å²) in [7, 11) is 2.18. The Kier molecular flexibility index (Phi) is 5.84. The number of hydrogen-bond acceptors (Lipinski definition) is 5. The van der Waals surface area contributed by atoms with Gasteiger partial charge in [-0.3, -0.25) is 0 Å². The Morgan fingerprint density at radius 3 is 2.77 bits per heavy atom. The molecular weight excluding hydrogens is 446 g/mol. The number of nitrogens with two attached hydrogens (primary N) is 1. The largest absolute Gasteiger partial charge is 0.399 e. The molecule has 2 aromatic rings. The van der Waals surface area contributed by atoms with Crippen LogP contribution in [0.1, 0.15) is 32.1 Å². The van der Waals surface area contributed by atoms with Crippen molar-refractivity contribution in [3.63, 3.8) is 0 Å². The molecule has 188 valence electrons. The van der Waals surface area contributed by atoms with Gasteiger partial charge in [0.15, 0.2) is 11.6 Å². The van der Waals surface area contributed by atoms with Crippen molar-refractivity contribution in [1.82, 2.24) is 19.8 Å². The third kappa shape index (κ3) is 4.25. The van der Waals surface area contributed by atoms with Crippen molar-refractivity contribution in [2.45, 2.75) is 38.1 Å². The molecule has 3 N–H and O–H groups in total. The van der Waals surface area contributed by atoms with Gasteiger partial charge >= 0.3 is 0 Å². The highest BCUT2D eigenvalue weighted by atomic mass is 19.2. The quantitative estimate of drug-likeness (QED) is 0.627. The van der Waals surface area contributed by atoms with Gasteiger partial charge in [0, 0.05) is 56.6 Å². The molecular formula is C27H36F2N6. The first-order valence-corrected chi connectivity index (χ1v) is 13.1. The Labute approximate surface area is 205 Å². The van der Waals surface area contributed by atoms with Crippen LogP contribution in [0, 0.1) is 28.9 Å². The molecule has 3 aliphatic carbocycles. The van der Waals surface area contributed by atoms with Crippen LogP contribution in [0.2, 0.25) is 0 Å². The van der Waals surface area contributed by atoms with Gasteiger partial charge in [-0.1, -0.05) is 12.2 Å². The maximum Gasteiger partial charge on any atom is 0.204 e. The van der Waals surface area contributed by atoms with Gasteiger partial charge in [0.1, 0.15) is 0 Å². The van der Waals surface area contributed by atoms with Crippen molar-refractivity contribution < 1.29 is 8.78 Å². The molecule has 0 spiro atoms. The van der Waals surface area contributed by atoms with Crippen LogP contribution in [0.3, 0.4) is 0 Å². The molecule has 2 unspecified atom stereocenters. The van der Waals surface area contributed by atoms with Gasteiger partial charge in [0.2, 0.25) is 5.95 Å². The number of likely N-dealkylation sites (N-methyl/N-ethyl adjacent to an activating group) is 1. The van der Waals surface area contributed by atoms with E-state index in [9.17, 15) is 8.78 Å². The van der Waals surface area contributed by atoms with E-state index in [0.717, 1.165) is 70.2 Å². The molecule has 6 nitrogen and oxygen atoms in total. The van der Waals surface area contributed by atoms with Gasteiger partial charge in [-0.05, 0) is 69.0 Å². The molecule has 8 heteroatoms. The number of aromatic amines is 1. The molecule has 1 aromatic carbocycles. The van der Waals surface area contributed by atoms with Crippen LogP contribution in [0.4, 0.5) is 14.7 Å². The molecule has 6 rings (SSSR count). The third-order valence-electron chi connectivity index (χ3n) is 9.03. The number of aromatic nitrogens is 2. The van der Waals surface area contributed by atoms with E-state index in [1.165, 1.54) is 25.0 Å². The predicted octanol–water partition coefficient (Wildman–Crippen LogP) is 3.87. The summed E-state index contributed by atoms with van der Waals surface area (Å²) >= 11 is 0. The predicted molar refractivity (Wildman–Crippen MR) is 135 cm³/mol. The van der Waals surface area contributed by atoms with Gasteiger partial charge in [-0.25, -0.2) is 13.8 Å². The molecule has 35 heavy (non-hydrogen) atoms. The maximum atomic E-state index is 13.9. The van der Waals surface area contributed by atoms with E-state index in [1.807, 2.05) is 6.08 Å². The molecule has 1 aromatic heterocycles. The topological polar surface area (TPSA) is 64.4 Å². The highest BCUT2D eigenvalue weighted by Gasteiger charge is 2.65. The summed E-state index contributed by atoms with van der Waals surface area (Å²) in [5.74, 6) is 0.164. The van der Waals surface area contributed by atoms with E-state index in [0.29, 0.717) is 34.3 Å². The van der Waals surface area contributed by atoms with Gasteiger partial charge in [0.25, 0.3) is 0 Å². The van der Waals surface area contributed by atoms with E-state index in [4.69, 9.17) is 10.7 Å². The fourth-order valence-corrected chi connectivity index (χ4v) is 6.96. The van der Waals surface area contributed by atoms with Gasteiger partial charge in [-0.2, -0.15) is 0 Å². The average Bonchev–Trinajstić information content (AvgIpc) is 3.26. The lowest BCUT2D eigenvalue weighted by Crippen LogP contribution is -2.45. The lowest BCUT2D eigenvalue weighted by atomic mass is 9.81. The Bertz CT molecular complexity index is 1110. The maximum absolute atomic E-state index is 13.9. The van der Waals surface area contributed by atoms with Gasteiger partial charge < -0.3 is 25.4 Å². The Hall–Kier alpha value is -2.45. The standard InChI is InChI=1S/C27H36F2N6/c1-33-10-12-34(13-11-33)8-3-9-35(26-31-23-15-21(28)22(29)16-24(23)32-26)25-6-7-27(17-20(25)27)18-4-2-5-19(30)14-18/h2,5,14-16,18,20,25H,3-4,6-13,17,30H2,1H3,(H,31,32)/t18?,20?,25-,27-/m1/s1. The number of H-pyrrole nitrogens is 1. The Balaban J connectivity index is 1.22. The van der Waals surface area contributed by atoms with E-state index in [2.05, 4.69) is 38.9 Å². The van der Waals surface area contributed by atoms with Gasteiger partial charge in [-0.15, -0.1) is 0 Å². The molecule has 4 aliphatic rings. The number of anilines is 1. The monoisotopic (exact) mass is 482 g/mol. The van der Waals surface area contributed by atoms with E-state index < -0.39 is 11.6 Å². The number of allylic oxidation sites excluding steroid dienone is 3. The fourth-order valence-electron chi connectivity index (χ4n) is 6.96. The number of rotatable bonds is 7. The first-order chi connectivity index (χ1) is 16.9. The second-order valence-electron chi connectivity index (χ2n) is 11.1. The number of fused-ring (bicyclic) bond motifs is 2. The van der Waals surface area contributed by atoms with E-state index in [1.54, 1.807) is 0 Å². The van der Waals surface area contributed by atoms with Crippen LogP contribution in [0.5, 0.6) is 0 Å². The normalized spacial score (nSPS) is 31.1. The van der Waals surface area contributed by atoms with Crippen LogP contribution in [0.25, 0.3) is 11.0 Å². The number of halogens is 2. The lowest BCUT2D eigenvalue weighted by molar-refractivity contribution is 0.153. The zero-order valence-electron chi connectivity index (χ0n) is 20.5. The zero-order chi connectivity index (χ0) is 24.2. The van der Waals surface area contributed by atoms with Crippen LogP contribution >= 0.6 is 0 Å². The fraction of sp³-hybridized carbons (Fsp3) is 0.593. The summed E-state index contributed by atoms with van der Waals surface area (Å²) in [6.45, 7) is 6.39. The zero-order valence-corrected chi connectivity index (χ0v) is 20.5. The molecule has 2 heterocycles. The Morgan fingerprint density at radius 2 is 2.00 bits per heavy atom. The molecule has 2 saturated carbocycles. The SMILES string of the molecule is CN1CCN(CCCN(c2nc3cc(F)c(F)cc3[nH]2)[C@@H]2CC[C@]3(C4C=C(N)C=CC4)CC23)CC1. The Morgan fingerprint density at radius 1 is 1.20 bits per heavy atom. The number of hydrogen-bond donors (Lipinski definition) is 2.